The highest BCUT2D eigenvalue weighted by Gasteiger charge is 2.13. The molecule has 2 aromatic rings. The predicted octanol–water partition coefficient (Wildman–Crippen LogP) is 0.896. The van der Waals surface area contributed by atoms with Crippen LogP contribution in [0.25, 0.3) is 5.69 Å². The summed E-state index contributed by atoms with van der Waals surface area (Å²) in [6.07, 6.45) is 2.08. The number of aliphatic hydroxyl groups is 1. The number of carbonyl (C=O) groups excluding carboxylic acids is 1. The first-order valence-electron chi connectivity index (χ1n) is 5.60. The molecule has 0 aliphatic rings. The number of aliphatic hydroxyl groups excluding tert-OH is 1. The van der Waals surface area contributed by atoms with Gasteiger partial charge in [0.2, 0.25) is 0 Å². The monoisotopic (exact) mass is 256 g/mol. The van der Waals surface area contributed by atoms with E-state index in [1.54, 1.807) is 25.1 Å². The van der Waals surface area contributed by atoms with Crippen LogP contribution >= 0.6 is 0 Å². The molecule has 0 aliphatic carbocycles. The van der Waals surface area contributed by atoms with Gasteiger partial charge in [0.25, 0.3) is 5.91 Å². The average molecular weight is 256 g/mol. The summed E-state index contributed by atoms with van der Waals surface area (Å²) in [5.74, 6) is -0.582. The molecule has 1 aromatic heterocycles. The molecule has 0 bridgehead atoms. The van der Waals surface area contributed by atoms with Gasteiger partial charge in [0.15, 0.2) is 0 Å². The standard InChI is InChI=1S/C13H12N4O2/c1-8(18)11-3-2-9(5-14)4-12(11)17-7-10(6-16-17)13(15)19/h2-4,6-8,18H,1H3,(H2,15,19). The van der Waals surface area contributed by atoms with Crippen LogP contribution in [0.4, 0.5) is 0 Å². The summed E-state index contributed by atoms with van der Waals surface area (Å²) in [6, 6.07) is 6.89. The lowest BCUT2D eigenvalue weighted by molar-refractivity contribution is 0.100. The molecular formula is C13H12N4O2. The smallest absolute Gasteiger partial charge is 0.251 e. The van der Waals surface area contributed by atoms with Gasteiger partial charge in [-0.1, -0.05) is 6.07 Å². The van der Waals surface area contributed by atoms with Crippen LogP contribution in [-0.2, 0) is 0 Å². The Bertz CT molecular complexity index is 668. The molecule has 1 unspecified atom stereocenters. The maximum atomic E-state index is 11.1. The molecule has 6 nitrogen and oxygen atoms in total. The number of benzene rings is 1. The Morgan fingerprint density at radius 3 is 2.84 bits per heavy atom. The van der Waals surface area contributed by atoms with Crippen LogP contribution in [0.15, 0.2) is 30.6 Å². The largest absolute Gasteiger partial charge is 0.389 e. The van der Waals surface area contributed by atoms with E-state index in [0.717, 1.165) is 0 Å². The van der Waals surface area contributed by atoms with E-state index >= 15 is 0 Å². The van der Waals surface area contributed by atoms with Crippen molar-refractivity contribution in [3.8, 4) is 11.8 Å². The van der Waals surface area contributed by atoms with E-state index in [1.807, 2.05) is 6.07 Å². The average Bonchev–Trinajstić information content (AvgIpc) is 2.87. The number of nitrogens with two attached hydrogens (primary N) is 1. The zero-order valence-corrected chi connectivity index (χ0v) is 10.2. The Hall–Kier alpha value is -2.65. The molecule has 0 aliphatic heterocycles. The van der Waals surface area contributed by atoms with Gasteiger partial charge in [-0.25, -0.2) is 4.68 Å². The summed E-state index contributed by atoms with van der Waals surface area (Å²) in [5.41, 5.74) is 7.02. The van der Waals surface area contributed by atoms with Crippen molar-refractivity contribution in [3.05, 3.63) is 47.3 Å². The van der Waals surface area contributed by atoms with Crippen LogP contribution in [0.5, 0.6) is 0 Å². The molecule has 1 atom stereocenters. The molecule has 0 radical (unpaired) electrons. The summed E-state index contributed by atoms with van der Waals surface area (Å²) < 4.78 is 1.42. The highest BCUT2D eigenvalue weighted by molar-refractivity contribution is 5.92. The lowest BCUT2D eigenvalue weighted by atomic mass is 10.1. The van der Waals surface area contributed by atoms with Gasteiger partial charge in [-0.2, -0.15) is 10.4 Å². The van der Waals surface area contributed by atoms with Crippen LogP contribution in [0.1, 0.15) is 34.5 Å². The molecule has 19 heavy (non-hydrogen) atoms. The minimum absolute atomic E-state index is 0.263. The number of nitriles is 1. The summed E-state index contributed by atoms with van der Waals surface area (Å²) in [6.45, 7) is 1.61. The molecule has 1 amide bonds. The van der Waals surface area contributed by atoms with Crippen molar-refractivity contribution in [2.24, 2.45) is 5.73 Å². The first-order chi connectivity index (χ1) is 9.02. The molecular weight excluding hydrogens is 244 g/mol. The fraction of sp³-hybridized carbons (Fsp3) is 0.154. The zero-order valence-electron chi connectivity index (χ0n) is 10.2. The third-order valence-corrected chi connectivity index (χ3v) is 2.72. The van der Waals surface area contributed by atoms with Crippen LogP contribution in [0.3, 0.4) is 0 Å². The summed E-state index contributed by atoms with van der Waals surface area (Å²) in [7, 11) is 0. The number of carbonyl (C=O) groups is 1. The van der Waals surface area contributed by atoms with Crippen molar-refractivity contribution in [3.63, 3.8) is 0 Å². The van der Waals surface area contributed by atoms with Crippen LogP contribution < -0.4 is 5.73 Å². The Kier molecular flexibility index (Phi) is 3.31. The Balaban J connectivity index is 2.58. The zero-order chi connectivity index (χ0) is 14.0. The van der Waals surface area contributed by atoms with E-state index in [4.69, 9.17) is 11.0 Å². The van der Waals surface area contributed by atoms with Crippen molar-refractivity contribution in [1.82, 2.24) is 9.78 Å². The minimum atomic E-state index is -0.719. The fourth-order valence-corrected chi connectivity index (χ4v) is 1.75. The third-order valence-electron chi connectivity index (χ3n) is 2.72. The van der Waals surface area contributed by atoms with E-state index in [-0.39, 0.29) is 5.56 Å². The summed E-state index contributed by atoms with van der Waals surface area (Å²) in [4.78, 5) is 11.1. The van der Waals surface area contributed by atoms with Crippen molar-refractivity contribution in [1.29, 1.82) is 5.26 Å². The number of hydrogen-bond donors (Lipinski definition) is 2. The predicted molar refractivity (Wildman–Crippen MR) is 67.4 cm³/mol. The van der Waals surface area contributed by atoms with Gasteiger partial charge in [0.05, 0.1) is 35.2 Å². The van der Waals surface area contributed by atoms with Gasteiger partial charge < -0.3 is 10.8 Å². The van der Waals surface area contributed by atoms with Crippen molar-refractivity contribution >= 4 is 5.91 Å². The SMILES string of the molecule is CC(O)c1ccc(C#N)cc1-n1cc(C(N)=O)cn1. The number of hydrogen-bond acceptors (Lipinski definition) is 4. The van der Waals surface area contributed by atoms with Gasteiger partial charge in [0, 0.05) is 11.8 Å². The minimum Gasteiger partial charge on any atom is -0.389 e. The second kappa shape index (κ2) is 4.92. The van der Waals surface area contributed by atoms with Crippen molar-refractivity contribution in [2.45, 2.75) is 13.0 Å². The molecule has 1 heterocycles. The number of rotatable bonds is 3. The molecule has 0 saturated heterocycles. The van der Waals surface area contributed by atoms with E-state index < -0.39 is 12.0 Å². The molecule has 1 aromatic carbocycles. The maximum Gasteiger partial charge on any atom is 0.251 e. The molecule has 96 valence electrons. The summed E-state index contributed by atoms with van der Waals surface area (Å²) in [5, 5.41) is 22.7. The van der Waals surface area contributed by atoms with Gasteiger partial charge in [0.1, 0.15) is 0 Å². The Morgan fingerprint density at radius 1 is 1.58 bits per heavy atom. The third kappa shape index (κ3) is 2.46. The number of primary amides is 1. The van der Waals surface area contributed by atoms with Crippen LogP contribution in [0.2, 0.25) is 0 Å². The highest BCUT2D eigenvalue weighted by Crippen LogP contribution is 2.22. The Labute approximate surface area is 109 Å². The van der Waals surface area contributed by atoms with E-state index in [9.17, 15) is 9.90 Å². The summed E-state index contributed by atoms with van der Waals surface area (Å²) >= 11 is 0. The van der Waals surface area contributed by atoms with E-state index in [0.29, 0.717) is 16.8 Å². The second-order valence-corrected chi connectivity index (χ2v) is 4.10. The van der Waals surface area contributed by atoms with Crippen molar-refractivity contribution < 1.29 is 9.90 Å². The molecule has 3 N–H and O–H groups in total. The quantitative estimate of drug-likeness (QED) is 0.850. The first kappa shape index (κ1) is 12.8. The van der Waals surface area contributed by atoms with Gasteiger partial charge >= 0.3 is 0 Å². The number of amides is 1. The van der Waals surface area contributed by atoms with Crippen LogP contribution in [-0.4, -0.2) is 20.8 Å². The lowest BCUT2D eigenvalue weighted by Gasteiger charge is -2.12. The first-order valence-corrected chi connectivity index (χ1v) is 5.60. The highest BCUT2D eigenvalue weighted by atomic mass is 16.3. The number of aromatic nitrogens is 2. The topological polar surface area (TPSA) is 105 Å². The molecule has 0 saturated carbocycles. The fourth-order valence-electron chi connectivity index (χ4n) is 1.75. The van der Waals surface area contributed by atoms with E-state index in [2.05, 4.69) is 5.10 Å². The molecule has 6 heteroatoms. The Morgan fingerprint density at radius 2 is 2.32 bits per heavy atom. The van der Waals surface area contributed by atoms with Gasteiger partial charge in [-0.15, -0.1) is 0 Å². The maximum absolute atomic E-state index is 11.1. The van der Waals surface area contributed by atoms with Crippen molar-refractivity contribution in [2.75, 3.05) is 0 Å². The van der Waals surface area contributed by atoms with Crippen LogP contribution in [0, 0.1) is 11.3 Å². The van der Waals surface area contributed by atoms with Gasteiger partial charge in [-0.3, -0.25) is 4.79 Å². The number of nitrogens with zero attached hydrogens (tertiary/aromatic N) is 3. The molecule has 0 spiro atoms. The molecule has 2 rings (SSSR count). The second-order valence-electron chi connectivity index (χ2n) is 4.10. The lowest BCUT2D eigenvalue weighted by Crippen LogP contribution is -2.09. The van der Waals surface area contributed by atoms with Gasteiger partial charge in [-0.05, 0) is 19.1 Å². The molecule has 0 fully saturated rings. The van der Waals surface area contributed by atoms with E-state index in [1.165, 1.54) is 17.1 Å². The normalized spacial score (nSPS) is 11.8.